The van der Waals surface area contributed by atoms with Crippen molar-refractivity contribution in [2.45, 2.75) is 6.92 Å². The molecule has 3 aromatic rings. The van der Waals surface area contributed by atoms with E-state index >= 15 is 0 Å². The van der Waals surface area contributed by atoms with Crippen molar-refractivity contribution in [3.63, 3.8) is 0 Å². The van der Waals surface area contributed by atoms with Gasteiger partial charge in [-0.15, -0.1) is 11.3 Å². The highest BCUT2D eigenvalue weighted by atomic mass is 32.1. The van der Waals surface area contributed by atoms with Crippen LogP contribution in [0, 0.1) is 6.92 Å². The Kier molecular flexibility index (Phi) is 5.39. The van der Waals surface area contributed by atoms with E-state index in [0.29, 0.717) is 37.7 Å². The number of hydrogen-bond acceptors (Lipinski definition) is 7. The molecule has 0 bridgehead atoms. The molecule has 0 aliphatic carbocycles. The van der Waals surface area contributed by atoms with Gasteiger partial charge in [-0.25, -0.2) is 14.8 Å². The van der Waals surface area contributed by atoms with Gasteiger partial charge >= 0.3 is 6.03 Å². The fraction of sp³-hybridized carbons (Fsp3) is 0.350. The van der Waals surface area contributed by atoms with Crippen molar-refractivity contribution in [2.75, 3.05) is 50.6 Å². The Balaban J connectivity index is 1.50. The second-order valence-electron chi connectivity index (χ2n) is 6.76. The first-order valence-electron chi connectivity index (χ1n) is 9.32. The van der Waals surface area contributed by atoms with Crippen molar-refractivity contribution in [3.05, 3.63) is 35.5 Å². The molecule has 0 saturated carbocycles. The fourth-order valence-corrected chi connectivity index (χ4v) is 4.23. The lowest BCUT2D eigenvalue weighted by atomic mass is 10.2. The number of carbonyl (C=O) groups excluding carboxylic acids is 1. The zero-order valence-corrected chi connectivity index (χ0v) is 17.5. The first-order valence-corrected chi connectivity index (χ1v) is 10.2. The number of aromatic nitrogens is 2. The lowest BCUT2D eigenvalue weighted by molar-refractivity contribution is 0.208. The molecule has 0 spiro atoms. The molecule has 1 fully saturated rings. The minimum absolute atomic E-state index is 0.0610. The van der Waals surface area contributed by atoms with E-state index in [1.807, 2.05) is 35.4 Å². The normalized spacial score (nSPS) is 14.2. The van der Waals surface area contributed by atoms with Crippen molar-refractivity contribution < 1.29 is 14.3 Å². The number of aryl methyl sites for hydroxylation is 1. The number of amides is 2. The Morgan fingerprint density at radius 3 is 2.48 bits per heavy atom. The number of ether oxygens (including phenoxy) is 2. The first kappa shape index (κ1) is 19.3. The molecule has 4 rings (SSSR count). The quantitative estimate of drug-likeness (QED) is 0.706. The Bertz CT molecular complexity index is 1030. The SMILES string of the molecule is COc1cc2ncnc(N3CCN(C(=O)Nc4sccc4C)CC3)c2cc1OC. The number of nitrogens with one attached hydrogen (secondary N) is 1. The third kappa shape index (κ3) is 3.77. The molecule has 29 heavy (non-hydrogen) atoms. The van der Waals surface area contributed by atoms with E-state index in [-0.39, 0.29) is 6.03 Å². The summed E-state index contributed by atoms with van der Waals surface area (Å²) in [7, 11) is 3.22. The highest BCUT2D eigenvalue weighted by molar-refractivity contribution is 7.14. The standard InChI is InChI=1S/C20H23N5O3S/c1-13-4-9-29-19(13)23-20(26)25-7-5-24(6-8-25)18-14-10-16(27-2)17(28-3)11-15(14)21-12-22-18/h4,9-12H,5-8H2,1-3H3,(H,23,26). The maximum absolute atomic E-state index is 12.6. The second kappa shape index (κ2) is 8.12. The van der Waals surface area contributed by atoms with Crippen molar-refractivity contribution in [1.82, 2.24) is 14.9 Å². The number of anilines is 2. The van der Waals surface area contributed by atoms with Gasteiger partial charge in [0, 0.05) is 37.6 Å². The number of rotatable bonds is 4. The summed E-state index contributed by atoms with van der Waals surface area (Å²) in [6.45, 7) is 4.62. The van der Waals surface area contributed by atoms with Crippen molar-refractivity contribution in [2.24, 2.45) is 0 Å². The number of urea groups is 1. The van der Waals surface area contributed by atoms with Gasteiger partial charge in [-0.2, -0.15) is 0 Å². The van der Waals surface area contributed by atoms with Crippen molar-refractivity contribution >= 4 is 39.1 Å². The maximum Gasteiger partial charge on any atom is 0.322 e. The number of hydrogen-bond donors (Lipinski definition) is 1. The molecule has 0 unspecified atom stereocenters. The van der Waals surface area contributed by atoms with Crippen LogP contribution in [0.1, 0.15) is 5.56 Å². The molecular weight excluding hydrogens is 390 g/mol. The number of methoxy groups -OCH3 is 2. The van der Waals surface area contributed by atoms with Crippen LogP contribution in [0.5, 0.6) is 11.5 Å². The van der Waals surface area contributed by atoms with E-state index < -0.39 is 0 Å². The third-order valence-electron chi connectivity index (χ3n) is 5.07. The van der Waals surface area contributed by atoms with Gasteiger partial charge < -0.3 is 19.3 Å². The molecule has 0 radical (unpaired) electrons. The Labute approximate surface area is 173 Å². The largest absolute Gasteiger partial charge is 0.493 e. The van der Waals surface area contributed by atoms with E-state index in [9.17, 15) is 4.79 Å². The highest BCUT2D eigenvalue weighted by Crippen LogP contribution is 2.35. The number of thiophene rings is 1. The molecule has 8 nitrogen and oxygen atoms in total. The number of carbonyl (C=O) groups is 1. The highest BCUT2D eigenvalue weighted by Gasteiger charge is 2.24. The number of benzene rings is 1. The molecule has 3 heterocycles. The molecule has 9 heteroatoms. The summed E-state index contributed by atoms with van der Waals surface area (Å²) in [4.78, 5) is 25.5. The van der Waals surface area contributed by atoms with E-state index in [2.05, 4.69) is 20.2 Å². The first-order chi connectivity index (χ1) is 14.1. The van der Waals surface area contributed by atoms with Crippen LogP contribution >= 0.6 is 11.3 Å². The van der Waals surface area contributed by atoms with Crippen LogP contribution in [0.2, 0.25) is 0 Å². The lowest BCUT2D eigenvalue weighted by Gasteiger charge is -2.35. The van der Waals surface area contributed by atoms with Gasteiger partial charge in [-0.1, -0.05) is 0 Å². The molecular formula is C20H23N5O3S. The van der Waals surface area contributed by atoms with Crippen LogP contribution in [0.25, 0.3) is 10.9 Å². The van der Waals surface area contributed by atoms with E-state index in [1.54, 1.807) is 20.5 Å². The minimum atomic E-state index is -0.0610. The predicted molar refractivity (Wildman–Crippen MR) is 115 cm³/mol. The average molecular weight is 414 g/mol. The number of fused-ring (bicyclic) bond motifs is 1. The summed E-state index contributed by atoms with van der Waals surface area (Å²) in [5.41, 5.74) is 1.87. The zero-order valence-electron chi connectivity index (χ0n) is 16.6. The molecule has 2 amide bonds. The predicted octanol–water partition coefficient (Wildman–Crippen LogP) is 3.37. The molecule has 1 N–H and O–H groups in total. The molecule has 152 valence electrons. The fourth-order valence-electron chi connectivity index (χ4n) is 3.42. The van der Waals surface area contributed by atoms with Gasteiger partial charge in [-0.3, -0.25) is 5.32 Å². The number of piperazine rings is 1. The van der Waals surface area contributed by atoms with Crippen molar-refractivity contribution in [1.29, 1.82) is 0 Å². The van der Waals surface area contributed by atoms with Crippen LogP contribution < -0.4 is 19.7 Å². The van der Waals surface area contributed by atoms with E-state index in [4.69, 9.17) is 9.47 Å². The summed E-state index contributed by atoms with van der Waals surface area (Å²) >= 11 is 1.54. The summed E-state index contributed by atoms with van der Waals surface area (Å²) in [6, 6.07) is 5.70. The minimum Gasteiger partial charge on any atom is -0.493 e. The number of nitrogens with zero attached hydrogens (tertiary/aromatic N) is 4. The Morgan fingerprint density at radius 2 is 1.83 bits per heavy atom. The van der Waals surface area contributed by atoms with Crippen LogP contribution in [0.3, 0.4) is 0 Å². The van der Waals surface area contributed by atoms with Crippen LogP contribution in [-0.4, -0.2) is 61.3 Å². The molecule has 0 atom stereocenters. The summed E-state index contributed by atoms with van der Waals surface area (Å²) < 4.78 is 10.8. The maximum atomic E-state index is 12.6. The van der Waals surface area contributed by atoms with Gasteiger partial charge in [0.1, 0.15) is 12.1 Å². The van der Waals surface area contributed by atoms with Gasteiger partial charge in [0.05, 0.1) is 24.7 Å². The summed E-state index contributed by atoms with van der Waals surface area (Å²) in [5.74, 6) is 2.11. The molecule has 2 aromatic heterocycles. The van der Waals surface area contributed by atoms with Gasteiger partial charge in [0.2, 0.25) is 0 Å². The molecule has 1 aliphatic heterocycles. The average Bonchev–Trinajstić information content (AvgIpc) is 3.16. The third-order valence-corrected chi connectivity index (χ3v) is 6.00. The summed E-state index contributed by atoms with van der Waals surface area (Å²) in [6.07, 6.45) is 1.56. The molecule has 1 aromatic carbocycles. The Hall–Kier alpha value is -3.07. The molecule has 1 saturated heterocycles. The topological polar surface area (TPSA) is 79.8 Å². The monoisotopic (exact) mass is 413 g/mol. The lowest BCUT2D eigenvalue weighted by Crippen LogP contribution is -2.50. The summed E-state index contributed by atoms with van der Waals surface area (Å²) in [5, 5.41) is 6.78. The van der Waals surface area contributed by atoms with Gasteiger partial charge in [-0.05, 0) is 30.0 Å². The van der Waals surface area contributed by atoms with Gasteiger partial charge in [0.25, 0.3) is 0 Å². The van der Waals surface area contributed by atoms with E-state index in [0.717, 1.165) is 27.3 Å². The zero-order chi connectivity index (χ0) is 20.4. The van der Waals surface area contributed by atoms with Crippen molar-refractivity contribution in [3.8, 4) is 11.5 Å². The molecule has 1 aliphatic rings. The van der Waals surface area contributed by atoms with Crippen LogP contribution in [0.15, 0.2) is 29.9 Å². The van der Waals surface area contributed by atoms with Gasteiger partial charge in [0.15, 0.2) is 11.5 Å². The van der Waals surface area contributed by atoms with Crippen LogP contribution in [-0.2, 0) is 0 Å². The smallest absolute Gasteiger partial charge is 0.322 e. The van der Waals surface area contributed by atoms with Crippen LogP contribution in [0.4, 0.5) is 15.6 Å². The van der Waals surface area contributed by atoms with E-state index in [1.165, 1.54) is 11.3 Å². The Morgan fingerprint density at radius 1 is 1.10 bits per heavy atom. The second-order valence-corrected chi connectivity index (χ2v) is 7.67.